The molecule has 7 atom stereocenters. The summed E-state index contributed by atoms with van der Waals surface area (Å²) in [5.41, 5.74) is 9.56. The van der Waals surface area contributed by atoms with E-state index in [9.17, 15) is 62.6 Å². The lowest BCUT2D eigenvalue weighted by molar-refractivity contribution is -0.145. The molecule has 3 aliphatic heterocycles. The van der Waals surface area contributed by atoms with Crippen LogP contribution in [0.5, 0.6) is 0 Å². The zero-order valence-electron chi connectivity index (χ0n) is 55.6. The lowest BCUT2D eigenvalue weighted by atomic mass is 9.85. The van der Waals surface area contributed by atoms with E-state index in [1.165, 1.54) is 34.1 Å². The van der Waals surface area contributed by atoms with Gasteiger partial charge >= 0.3 is 7.60 Å². The molecule has 9 rings (SSSR count). The second kappa shape index (κ2) is 33.1. The Morgan fingerprint density at radius 1 is 0.755 bits per heavy atom. The number of nitrogens with two attached hydrogens (primary N) is 1. The van der Waals surface area contributed by atoms with E-state index in [0.717, 1.165) is 58.5 Å². The van der Waals surface area contributed by atoms with Crippen LogP contribution in [0.3, 0.4) is 0 Å². The Labute approximate surface area is 573 Å². The first-order chi connectivity index (χ1) is 46.7. The van der Waals surface area contributed by atoms with Crippen LogP contribution >= 0.6 is 18.9 Å². The Balaban J connectivity index is 0.781. The Bertz CT molecular complexity index is 3870. The number of aromatic nitrogens is 2. The number of rotatable bonds is 29. The number of hydrogen-bond donors (Lipinski definition) is 10. The number of aliphatic hydroxyl groups excluding tert-OH is 1. The highest BCUT2D eigenvalue weighted by Gasteiger charge is 2.47. The van der Waals surface area contributed by atoms with Crippen LogP contribution in [0.25, 0.3) is 21.3 Å². The number of aryl methyl sites for hydroxylation is 1. The minimum Gasteiger partial charge on any atom is -0.391 e. The summed E-state index contributed by atoms with van der Waals surface area (Å²) < 4.78 is 11.8. The third kappa shape index (κ3) is 19.0. The number of aromatic amines is 1. The zero-order chi connectivity index (χ0) is 70.4. The van der Waals surface area contributed by atoms with Crippen molar-refractivity contribution < 1.29 is 67.4 Å². The van der Waals surface area contributed by atoms with Crippen molar-refractivity contribution in [3.05, 3.63) is 148 Å². The smallest absolute Gasteiger partial charge is 0.391 e. The maximum Gasteiger partial charge on any atom is 0.396 e. The van der Waals surface area contributed by atoms with Gasteiger partial charge in [-0.15, -0.1) is 11.3 Å². The highest BCUT2D eigenvalue weighted by molar-refractivity contribution is 7.70. The van der Waals surface area contributed by atoms with Crippen molar-refractivity contribution in [2.24, 2.45) is 11.1 Å². The molecule has 25 nitrogen and oxygen atoms in total. The molecule has 4 aromatic carbocycles. The minimum absolute atomic E-state index is 0.0424. The number of primary amides is 1. The van der Waals surface area contributed by atoms with Crippen molar-refractivity contribution >= 4 is 88.5 Å². The minimum atomic E-state index is -5.14. The lowest BCUT2D eigenvalue weighted by Crippen LogP contribution is -2.62. The number of nitrogens with zero attached hydrogens (tertiary/aromatic N) is 4. The van der Waals surface area contributed by atoms with Gasteiger partial charge in [-0.3, -0.25) is 52.5 Å². The number of benzene rings is 4. The van der Waals surface area contributed by atoms with E-state index in [2.05, 4.69) is 36.6 Å². The quantitative estimate of drug-likeness (QED) is 0.0175. The molecular formula is C71H88N11O14PS. The number of thiazole rings is 1. The first-order valence-corrected chi connectivity index (χ1v) is 35.9. The summed E-state index contributed by atoms with van der Waals surface area (Å²) in [7, 11) is -5.14. The molecule has 9 amide bonds. The topological polar surface area (TPSA) is 373 Å². The van der Waals surface area contributed by atoms with Crippen molar-refractivity contribution in [3.63, 3.8) is 0 Å². The standard InChI is InChI=1S/C71H88N11O14PS/c1-43-62(98-42-74-43)47-26-24-44(25-27-47)39-73-66(89)57-38-51(83)40-81(57)69(92)63(71(2,3)4)78-59(85)22-16-8-6-5-7-9-17-23-60(86)80-35-34-50-29-32-56(67(90)76-53(31-33-58(72)84)64(87)79-61(45-18-12-10-13-19-45)46-20-14-11-15-21-46)82(50)68(91)55(41-80)77-65(88)54-37-49-36-48(28-30-52(49)75-54)70(93)97(94,95)96/h10-15,18-21,24-28,30,36-37,42,50-51,53,55-57,61,63,75,83H,5-9,16-17,22-23,29,31-35,38-41H2,1-4H3,(H2,72,84)(H,73,89)(H,76,90)(H,77,88)(H,78,85)(H,79,87)(H2,94,95,96)/t50-,51-,53+,55?,56+,57+,63-/m1/s1. The summed E-state index contributed by atoms with van der Waals surface area (Å²) in [5.74, 6) is -4.81. The number of aliphatic hydroxyl groups is 1. The lowest BCUT2D eigenvalue weighted by Gasteiger charge is -2.39. The van der Waals surface area contributed by atoms with Gasteiger partial charge in [0, 0.05) is 74.4 Å². The van der Waals surface area contributed by atoms with E-state index in [0.29, 0.717) is 37.6 Å². The summed E-state index contributed by atoms with van der Waals surface area (Å²) in [6, 6.07) is 24.5. The molecule has 522 valence electrons. The zero-order valence-corrected chi connectivity index (χ0v) is 57.3. The average Bonchev–Trinajstić information content (AvgIpc) is 1.61. The molecule has 27 heteroatoms. The number of fused-ring (bicyclic) bond motifs is 2. The number of unbranched alkanes of at least 4 members (excludes halogenated alkanes) is 6. The van der Waals surface area contributed by atoms with Crippen LogP contribution in [0.2, 0.25) is 0 Å². The van der Waals surface area contributed by atoms with E-state index >= 15 is 4.79 Å². The van der Waals surface area contributed by atoms with E-state index in [4.69, 9.17) is 5.73 Å². The van der Waals surface area contributed by atoms with Crippen molar-refractivity contribution in [1.29, 1.82) is 0 Å². The van der Waals surface area contributed by atoms with Gasteiger partial charge in [0.05, 0.1) is 28.2 Å². The molecule has 0 spiro atoms. The van der Waals surface area contributed by atoms with Crippen LogP contribution in [-0.4, -0.2) is 160 Å². The molecular weight excluding hydrogens is 1290 g/mol. The SMILES string of the molecule is Cc1ncsc1-c1ccc(CNC(=O)[C@@H]2C[C@@H](O)CN2C(=O)[C@@H](NC(=O)CCCCCCCCCC(=O)N2CC[C@H]3CC[C@@H](C(=O)N[C@@H](CCC(N)=O)C(=O)NC(c4ccccc4)c4ccccc4)N3C(=O)C(NC(=O)c3cc4cc(C(=O)P(=O)(O)O)ccc4[nH]3)C2)C(C)(C)C)cc1. The fraction of sp³-hybridized carbons (Fsp3) is 0.451. The maximum absolute atomic E-state index is 15.1. The number of β-amino-alcohol motifs (C(OH)–C–C–N with tert-alkyl or cyclic N) is 1. The van der Waals surface area contributed by atoms with Gasteiger partial charge in [0.25, 0.3) is 11.4 Å². The van der Waals surface area contributed by atoms with Gasteiger partial charge in [0.15, 0.2) is 0 Å². The van der Waals surface area contributed by atoms with E-state index in [1.54, 1.807) is 21.7 Å². The van der Waals surface area contributed by atoms with Crippen LogP contribution in [0, 0.1) is 12.3 Å². The number of likely N-dealkylation sites (tertiary alicyclic amines) is 1. The third-order valence-corrected chi connectivity index (χ3v) is 20.2. The Morgan fingerprint density at radius 2 is 1.41 bits per heavy atom. The molecule has 98 heavy (non-hydrogen) atoms. The third-order valence-electron chi connectivity index (χ3n) is 18.4. The Hall–Kier alpha value is -8.94. The van der Waals surface area contributed by atoms with Gasteiger partial charge in [-0.2, -0.15) is 0 Å². The summed E-state index contributed by atoms with van der Waals surface area (Å²) in [4.78, 5) is 170. The Kier molecular flexibility index (Phi) is 24.7. The number of amides is 9. The second-order valence-electron chi connectivity index (χ2n) is 26.7. The van der Waals surface area contributed by atoms with Gasteiger partial charge in [-0.1, -0.05) is 138 Å². The average molecular weight is 1380 g/mol. The van der Waals surface area contributed by atoms with E-state index in [-0.39, 0.29) is 93.2 Å². The highest BCUT2D eigenvalue weighted by Crippen LogP contribution is 2.40. The molecule has 0 aliphatic carbocycles. The summed E-state index contributed by atoms with van der Waals surface area (Å²) >= 11 is 1.55. The fourth-order valence-corrected chi connectivity index (χ4v) is 14.4. The van der Waals surface area contributed by atoms with Gasteiger partial charge in [0.1, 0.15) is 35.9 Å². The molecule has 3 aliphatic rings. The molecule has 3 saturated heterocycles. The first kappa shape index (κ1) is 73.3. The van der Waals surface area contributed by atoms with Gasteiger partial charge in [-0.25, -0.2) is 4.98 Å². The number of nitrogens with one attached hydrogen (secondary N) is 6. The molecule has 5 heterocycles. The first-order valence-electron chi connectivity index (χ1n) is 33.4. The van der Waals surface area contributed by atoms with Crippen molar-refractivity contribution in [3.8, 4) is 10.4 Å². The predicted octanol–water partition coefficient (Wildman–Crippen LogP) is 6.58. The number of carbonyl (C=O) groups excluding carboxylic acids is 10. The summed E-state index contributed by atoms with van der Waals surface area (Å²) in [5, 5.41) is 25.5. The summed E-state index contributed by atoms with van der Waals surface area (Å²) in [6.45, 7) is 7.55. The van der Waals surface area contributed by atoms with Crippen molar-refractivity contribution in [2.75, 3.05) is 19.6 Å². The molecule has 3 fully saturated rings. The molecule has 2 aromatic heterocycles. The second-order valence-corrected chi connectivity index (χ2v) is 29.1. The van der Waals surface area contributed by atoms with E-state index < -0.39 is 108 Å². The van der Waals surface area contributed by atoms with E-state index in [1.807, 2.05) is 113 Å². The monoisotopic (exact) mass is 1380 g/mol. The summed E-state index contributed by atoms with van der Waals surface area (Å²) in [6.07, 6.45) is 4.80. The van der Waals surface area contributed by atoms with Crippen LogP contribution in [0.15, 0.2) is 115 Å². The van der Waals surface area contributed by atoms with Crippen molar-refractivity contribution in [1.82, 2.24) is 51.3 Å². The number of hydrogen-bond acceptors (Lipinski definition) is 14. The normalized spacial score (nSPS) is 18.7. The Morgan fingerprint density at radius 3 is 2.03 bits per heavy atom. The number of H-pyrrole nitrogens is 1. The molecule has 6 aromatic rings. The molecule has 1 unspecified atom stereocenters. The predicted molar refractivity (Wildman–Crippen MR) is 367 cm³/mol. The molecule has 0 bridgehead atoms. The van der Waals surface area contributed by atoms with Gasteiger partial charge < -0.3 is 66.9 Å². The van der Waals surface area contributed by atoms with Crippen molar-refractivity contribution in [2.45, 2.75) is 179 Å². The van der Waals surface area contributed by atoms with Gasteiger partial charge in [-0.05, 0) is 97.4 Å². The maximum atomic E-state index is 15.1. The molecule has 11 N–H and O–H groups in total. The number of carbonyl (C=O) groups is 10. The largest absolute Gasteiger partial charge is 0.396 e. The highest BCUT2D eigenvalue weighted by atomic mass is 32.1. The van der Waals surface area contributed by atoms with Crippen LogP contribution in [0.1, 0.15) is 166 Å². The fourth-order valence-electron chi connectivity index (χ4n) is 13.1. The molecule has 0 saturated carbocycles. The van der Waals surface area contributed by atoms with Crippen LogP contribution in [-0.2, 0) is 49.5 Å². The molecule has 0 radical (unpaired) electrons. The van der Waals surface area contributed by atoms with Crippen LogP contribution < -0.4 is 32.3 Å². The van der Waals surface area contributed by atoms with Crippen LogP contribution in [0.4, 0.5) is 0 Å². The van der Waals surface area contributed by atoms with Gasteiger partial charge in [0.2, 0.25) is 47.3 Å².